The van der Waals surface area contributed by atoms with Crippen molar-refractivity contribution in [2.45, 2.75) is 96.1 Å². The van der Waals surface area contributed by atoms with Gasteiger partial charge in [0.25, 0.3) is 0 Å². The minimum atomic E-state index is 0.683. The van der Waals surface area contributed by atoms with E-state index < -0.39 is 0 Å². The van der Waals surface area contributed by atoms with E-state index >= 15 is 0 Å². The number of rotatable bonds is 6. The molecule has 94 valence electrons. The highest BCUT2D eigenvalue weighted by molar-refractivity contribution is 6.41. The van der Waals surface area contributed by atoms with E-state index in [0.29, 0.717) is 5.31 Å². The Balaban J connectivity index is 2.21. The van der Waals surface area contributed by atoms with Gasteiger partial charge in [-0.3, -0.25) is 0 Å². The minimum Gasteiger partial charge on any atom is -0.0693 e. The maximum absolute atomic E-state index is 2.55. The standard InChI is InChI=1S/C15H31B/c1-4-5-6-7-9-12-15(3)13-10-8-11-14(2)16-15/h14,16H,4-13H2,1-3H3. The second-order valence-electron chi connectivity index (χ2n) is 6.53. The van der Waals surface area contributed by atoms with E-state index in [-0.39, 0.29) is 0 Å². The van der Waals surface area contributed by atoms with E-state index in [0.717, 1.165) is 5.82 Å². The van der Waals surface area contributed by atoms with Gasteiger partial charge in [-0.15, -0.1) is 0 Å². The first kappa shape index (κ1) is 14.1. The van der Waals surface area contributed by atoms with E-state index in [4.69, 9.17) is 0 Å². The molecular formula is C15H31B. The molecule has 1 rings (SSSR count). The summed E-state index contributed by atoms with van der Waals surface area (Å²) < 4.78 is 0. The fourth-order valence-corrected chi connectivity index (χ4v) is 3.47. The summed E-state index contributed by atoms with van der Waals surface area (Å²) in [6, 6.07) is 0. The van der Waals surface area contributed by atoms with Crippen LogP contribution in [0.25, 0.3) is 0 Å². The second-order valence-corrected chi connectivity index (χ2v) is 6.53. The smallest absolute Gasteiger partial charge is 0.0693 e. The molecule has 0 bridgehead atoms. The van der Waals surface area contributed by atoms with Crippen LogP contribution in [-0.4, -0.2) is 7.28 Å². The van der Waals surface area contributed by atoms with E-state index in [1.165, 1.54) is 71.5 Å². The molecule has 1 saturated heterocycles. The molecule has 0 N–H and O–H groups in total. The zero-order chi connectivity index (χ0) is 11.9. The van der Waals surface area contributed by atoms with Crippen LogP contribution in [0.2, 0.25) is 11.1 Å². The van der Waals surface area contributed by atoms with E-state index in [9.17, 15) is 0 Å². The van der Waals surface area contributed by atoms with Crippen LogP contribution in [0.5, 0.6) is 0 Å². The molecule has 2 atom stereocenters. The van der Waals surface area contributed by atoms with Gasteiger partial charge in [-0.1, -0.05) is 96.1 Å². The Morgan fingerprint density at radius 3 is 2.62 bits per heavy atom. The normalized spacial score (nSPS) is 30.8. The summed E-state index contributed by atoms with van der Waals surface area (Å²) in [4.78, 5) is 0. The molecule has 0 radical (unpaired) electrons. The Hall–Kier alpha value is 0.0649. The Morgan fingerprint density at radius 1 is 1.12 bits per heavy atom. The molecule has 0 aromatic heterocycles. The fourth-order valence-electron chi connectivity index (χ4n) is 3.47. The fraction of sp³-hybridized carbons (Fsp3) is 1.00. The highest BCUT2D eigenvalue weighted by atomic mass is 14.2. The zero-order valence-electron chi connectivity index (χ0n) is 11.9. The van der Waals surface area contributed by atoms with Crippen molar-refractivity contribution in [3.8, 4) is 0 Å². The molecule has 1 aliphatic rings. The SMILES string of the molecule is CCCCCCCC1(C)BC(C)CCCC1. The molecule has 0 aromatic carbocycles. The summed E-state index contributed by atoms with van der Waals surface area (Å²) >= 11 is 0. The molecule has 0 nitrogen and oxygen atoms in total. The van der Waals surface area contributed by atoms with Crippen LogP contribution in [0.4, 0.5) is 0 Å². The molecule has 1 aliphatic heterocycles. The van der Waals surface area contributed by atoms with Gasteiger partial charge in [0.1, 0.15) is 7.28 Å². The van der Waals surface area contributed by atoms with Gasteiger partial charge >= 0.3 is 0 Å². The van der Waals surface area contributed by atoms with Gasteiger partial charge in [0.05, 0.1) is 0 Å². The van der Waals surface area contributed by atoms with Gasteiger partial charge < -0.3 is 0 Å². The number of hydrogen-bond acceptors (Lipinski definition) is 0. The summed E-state index contributed by atoms with van der Waals surface area (Å²) in [5, 5.41) is 0.683. The van der Waals surface area contributed by atoms with E-state index in [1.54, 1.807) is 0 Å². The third-order valence-electron chi connectivity index (χ3n) is 4.45. The van der Waals surface area contributed by atoms with Crippen molar-refractivity contribution in [1.82, 2.24) is 0 Å². The van der Waals surface area contributed by atoms with E-state index in [1.807, 2.05) is 0 Å². The lowest BCUT2D eigenvalue weighted by atomic mass is 9.44. The summed E-state index contributed by atoms with van der Waals surface area (Å²) in [6.07, 6.45) is 14.6. The van der Waals surface area contributed by atoms with Crippen LogP contribution in [0.1, 0.15) is 85.0 Å². The molecule has 1 heteroatoms. The molecule has 1 heterocycles. The van der Waals surface area contributed by atoms with Crippen LogP contribution >= 0.6 is 0 Å². The van der Waals surface area contributed by atoms with Crippen molar-refractivity contribution in [2.24, 2.45) is 0 Å². The molecule has 0 amide bonds. The molecular weight excluding hydrogens is 191 g/mol. The Morgan fingerprint density at radius 2 is 1.88 bits per heavy atom. The zero-order valence-corrected chi connectivity index (χ0v) is 11.9. The third kappa shape index (κ3) is 5.41. The highest BCUT2D eigenvalue weighted by Crippen LogP contribution is 2.43. The maximum Gasteiger partial charge on any atom is 0.130 e. The lowest BCUT2D eigenvalue weighted by Crippen LogP contribution is -2.18. The number of unbranched alkanes of at least 4 members (excludes halogenated alkanes) is 4. The maximum atomic E-state index is 2.55. The van der Waals surface area contributed by atoms with Crippen LogP contribution in [0.3, 0.4) is 0 Å². The van der Waals surface area contributed by atoms with Gasteiger partial charge in [-0.2, -0.15) is 0 Å². The second kappa shape index (κ2) is 7.40. The van der Waals surface area contributed by atoms with Crippen molar-refractivity contribution in [1.29, 1.82) is 0 Å². The van der Waals surface area contributed by atoms with Crippen molar-refractivity contribution < 1.29 is 0 Å². The van der Waals surface area contributed by atoms with Crippen molar-refractivity contribution in [2.75, 3.05) is 0 Å². The third-order valence-corrected chi connectivity index (χ3v) is 4.45. The van der Waals surface area contributed by atoms with Gasteiger partial charge in [-0.05, 0) is 0 Å². The van der Waals surface area contributed by atoms with E-state index in [2.05, 4.69) is 20.8 Å². The van der Waals surface area contributed by atoms with Crippen molar-refractivity contribution >= 4 is 7.28 Å². The lowest BCUT2D eigenvalue weighted by Gasteiger charge is -2.29. The Bertz CT molecular complexity index is 178. The highest BCUT2D eigenvalue weighted by Gasteiger charge is 2.29. The molecule has 0 spiro atoms. The van der Waals surface area contributed by atoms with Gasteiger partial charge in [0.2, 0.25) is 0 Å². The average Bonchev–Trinajstić information content (AvgIpc) is 2.40. The molecule has 0 aliphatic carbocycles. The first-order chi connectivity index (χ1) is 7.66. The van der Waals surface area contributed by atoms with Crippen molar-refractivity contribution in [3.63, 3.8) is 0 Å². The summed E-state index contributed by atoms with van der Waals surface area (Å²) in [6.45, 7) is 7.31. The van der Waals surface area contributed by atoms with Crippen LogP contribution in [-0.2, 0) is 0 Å². The summed E-state index contributed by atoms with van der Waals surface area (Å²) in [7, 11) is 1.49. The van der Waals surface area contributed by atoms with Crippen molar-refractivity contribution in [3.05, 3.63) is 0 Å². The minimum absolute atomic E-state index is 0.683. The average molecular weight is 222 g/mol. The Kier molecular flexibility index (Phi) is 6.54. The number of hydrogen-bond donors (Lipinski definition) is 0. The lowest BCUT2D eigenvalue weighted by molar-refractivity contribution is 0.462. The predicted molar refractivity (Wildman–Crippen MR) is 76.8 cm³/mol. The molecule has 2 unspecified atom stereocenters. The Labute approximate surface area is 104 Å². The van der Waals surface area contributed by atoms with Crippen LogP contribution in [0, 0.1) is 0 Å². The molecule has 16 heavy (non-hydrogen) atoms. The predicted octanol–water partition coefficient (Wildman–Crippen LogP) is 5.34. The molecule has 0 saturated carbocycles. The monoisotopic (exact) mass is 222 g/mol. The first-order valence-corrected chi connectivity index (χ1v) is 7.66. The van der Waals surface area contributed by atoms with Gasteiger partial charge in [0.15, 0.2) is 0 Å². The topological polar surface area (TPSA) is 0 Å². The summed E-state index contributed by atoms with van der Waals surface area (Å²) in [5.74, 6) is 0.975. The largest absolute Gasteiger partial charge is 0.130 e. The van der Waals surface area contributed by atoms with Crippen LogP contribution in [0.15, 0.2) is 0 Å². The molecule has 1 fully saturated rings. The van der Waals surface area contributed by atoms with Gasteiger partial charge in [0, 0.05) is 0 Å². The summed E-state index contributed by atoms with van der Waals surface area (Å²) in [5.41, 5.74) is 0. The first-order valence-electron chi connectivity index (χ1n) is 7.66. The quantitative estimate of drug-likeness (QED) is 0.420. The molecule has 0 aromatic rings. The van der Waals surface area contributed by atoms with Crippen LogP contribution < -0.4 is 0 Å². The van der Waals surface area contributed by atoms with Gasteiger partial charge in [-0.25, -0.2) is 0 Å².